The first kappa shape index (κ1) is 13.0. The van der Waals surface area contributed by atoms with Crippen LogP contribution in [-0.2, 0) is 6.42 Å². The van der Waals surface area contributed by atoms with Crippen LogP contribution in [0.25, 0.3) is 0 Å². The van der Waals surface area contributed by atoms with Gasteiger partial charge in [0, 0.05) is 6.04 Å². The molecule has 0 amide bonds. The van der Waals surface area contributed by atoms with E-state index in [0.29, 0.717) is 0 Å². The third kappa shape index (κ3) is 3.75. The molecular weight excluding hydrogens is 226 g/mol. The molecule has 1 saturated heterocycles. The second kappa shape index (κ2) is 6.46. The lowest BCUT2D eigenvalue weighted by atomic mass is 9.90. The van der Waals surface area contributed by atoms with Gasteiger partial charge in [-0.2, -0.15) is 11.8 Å². The van der Waals surface area contributed by atoms with Crippen molar-refractivity contribution in [2.45, 2.75) is 38.6 Å². The minimum absolute atomic E-state index is 0.231. The van der Waals surface area contributed by atoms with Crippen LogP contribution in [0.4, 0.5) is 0 Å². The van der Waals surface area contributed by atoms with Gasteiger partial charge in [-0.05, 0) is 54.2 Å². The summed E-state index contributed by atoms with van der Waals surface area (Å²) in [5.41, 5.74) is 9.06. The predicted molar refractivity (Wildman–Crippen MR) is 77.4 cm³/mol. The van der Waals surface area contributed by atoms with Crippen molar-refractivity contribution in [3.05, 3.63) is 35.4 Å². The third-order valence-electron chi connectivity index (χ3n) is 3.72. The Kier molecular flexibility index (Phi) is 4.93. The normalized spacial score (nSPS) is 19.2. The molecule has 1 nitrogen and oxygen atoms in total. The fraction of sp³-hybridized carbons (Fsp3) is 0.600. The maximum atomic E-state index is 6.34. The molecule has 2 N–H and O–H groups in total. The predicted octanol–water partition coefficient (Wildman–Crippen LogP) is 3.78. The van der Waals surface area contributed by atoms with E-state index >= 15 is 0 Å². The summed E-state index contributed by atoms with van der Waals surface area (Å²) in [5, 5.41) is 0. The lowest BCUT2D eigenvalue weighted by Gasteiger charge is -2.24. The van der Waals surface area contributed by atoms with Crippen LogP contribution in [0.3, 0.4) is 0 Å². The number of rotatable bonds is 4. The van der Waals surface area contributed by atoms with Crippen molar-refractivity contribution in [2.24, 2.45) is 11.7 Å². The van der Waals surface area contributed by atoms with Crippen molar-refractivity contribution in [2.75, 3.05) is 11.5 Å². The highest BCUT2D eigenvalue weighted by Crippen LogP contribution is 2.30. The summed E-state index contributed by atoms with van der Waals surface area (Å²) < 4.78 is 0. The molecule has 0 radical (unpaired) electrons. The third-order valence-corrected chi connectivity index (χ3v) is 4.76. The van der Waals surface area contributed by atoms with Gasteiger partial charge in [0.1, 0.15) is 0 Å². The maximum absolute atomic E-state index is 6.34. The molecule has 0 aromatic heterocycles. The second-order valence-electron chi connectivity index (χ2n) is 5.00. The molecule has 1 heterocycles. The van der Waals surface area contributed by atoms with Gasteiger partial charge in [-0.25, -0.2) is 0 Å². The topological polar surface area (TPSA) is 26.0 Å². The Morgan fingerprint density at radius 3 is 2.82 bits per heavy atom. The van der Waals surface area contributed by atoms with Crippen LogP contribution < -0.4 is 5.73 Å². The number of aryl methyl sites for hydroxylation is 1. The zero-order chi connectivity index (χ0) is 12.1. The molecule has 2 heteroatoms. The second-order valence-corrected chi connectivity index (χ2v) is 6.22. The van der Waals surface area contributed by atoms with Crippen LogP contribution in [0.15, 0.2) is 24.3 Å². The van der Waals surface area contributed by atoms with Crippen molar-refractivity contribution >= 4 is 11.8 Å². The molecule has 0 spiro atoms. The Balaban J connectivity index is 1.95. The van der Waals surface area contributed by atoms with Crippen molar-refractivity contribution in [1.29, 1.82) is 0 Å². The Morgan fingerprint density at radius 1 is 1.35 bits per heavy atom. The summed E-state index contributed by atoms with van der Waals surface area (Å²) in [7, 11) is 0. The highest BCUT2D eigenvalue weighted by atomic mass is 32.2. The fourth-order valence-electron chi connectivity index (χ4n) is 2.52. The number of nitrogens with two attached hydrogens (primary N) is 1. The summed E-state index contributed by atoms with van der Waals surface area (Å²) in [4.78, 5) is 0. The Bertz CT molecular complexity index is 345. The van der Waals surface area contributed by atoms with Crippen LogP contribution in [-0.4, -0.2) is 11.5 Å². The van der Waals surface area contributed by atoms with E-state index in [-0.39, 0.29) is 6.04 Å². The van der Waals surface area contributed by atoms with Crippen molar-refractivity contribution in [3.8, 4) is 0 Å². The first-order chi connectivity index (χ1) is 8.29. The molecule has 1 aromatic rings. The van der Waals surface area contributed by atoms with Crippen LogP contribution in [0.1, 0.15) is 43.4 Å². The van der Waals surface area contributed by atoms with E-state index < -0.39 is 0 Å². The summed E-state index contributed by atoms with van der Waals surface area (Å²) >= 11 is 2.09. The van der Waals surface area contributed by atoms with Gasteiger partial charge in [-0.15, -0.1) is 0 Å². The summed E-state index contributed by atoms with van der Waals surface area (Å²) in [6, 6.07) is 9.02. The van der Waals surface area contributed by atoms with E-state index in [1.54, 1.807) is 0 Å². The maximum Gasteiger partial charge on any atom is 0.0297 e. The summed E-state index contributed by atoms with van der Waals surface area (Å²) in [6.07, 6.45) is 4.96. The minimum Gasteiger partial charge on any atom is -0.324 e. The number of hydrogen-bond acceptors (Lipinski definition) is 2. The van der Waals surface area contributed by atoms with E-state index in [1.165, 1.54) is 35.5 Å². The standard InChI is InChI=1S/C15H23NS/c1-2-12-4-3-5-14(10-12)15(16)11-13-6-8-17-9-7-13/h3-5,10,13,15H,2,6-9,11,16H2,1H3. The molecule has 0 aliphatic carbocycles. The molecule has 17 heavy (non-hydrogen) atoms. The Morgan fingerprint density at radius 2 is 2.12 bits per heavy atom. The Hall–Kier alpha value is -0.470. The highest BCUT2D eigenvalue weighted by Gasteiger charge is 2.17. The smallest absolute Gasteiger partial charge is 0.0297 e. The van der Waals surface area contributed by atoms with Gasteiger partial charge in [-0.1, -0.05) is 31.2 Å². The number of thioether (sulfide) groups is 1. The van der Waals surface area contributed by atoms with E-state index in [0.717, 1.165) is 18.8 Å². The van der Waals surface area contributed by atoms with Crippen LogP contribution >= 0.6 is 11.8 Å². The van der Waals surface area contributed by atoms with Gasteiger partial charge in [0.15, 0.2) is 0 Å². The van der Waals surface area contributed by atoms with E-state index in [2.05, 4.69) is 43.0 Å². The van der Waals surface area contributed by atoms with E-state index in [1.807, 2.05) is 0 Å². The molecule has 1 aromatic carbocycles. The van der Waals surface area contributed by atoms with Gasteiger partial charge in [0.2, 0.25) is 0 Å². The first-order valence-corrected chi connectivity index (χ1v) is 7.87. The molecule has 1 atom stereocenters. The molecule has 1 aliphatic heterocycles. The minimum atomic E-state index is 0.231. The Labute approximate surface area is 109 Å². The molecule has 1 aliphatic rings. The largest absolute Gasteiger partial charge is 0.324 e. The average molecular weight is 249 g/mol. The highest BCUT2D eigenvalue weighted by molar-refractivity contribution is 7.99. The van der Waals surface area contributed by atoms with Crippen LogP contribution in [0, 0.1) is 5.92 Å². The monoisotopic (exact) mass is 249 g/mol. The molecule has 1 fully saturated rings. The molecule has 0 bridgehead atoms. The number of benzene rings is 1. The van der Waals surface area contributed by atoms with Gasteiger partial charge < -0.3 is 5.73 Å². The first-order valence-electron chi connectivity index (χ1n) is 6.71. The molecular formula is C15H23NS. The van der Waals surface area contributed by atoms with Crippen molar-refractivity contribution in [1.82, 2.24) is 0 Å². The van der Waals surface area contributed by atoms with Crippen molar-refractivity contribution < 1.29 is 0 Å². The SMILES string of the molecule is CCc1cccc(C(N)CC2CCSCC2)c1. The molecule has 2 rings (SSSR count). The molecule has 0 saturated carbocycles. The number of hydrogen-bond donors (Lipinski definition) is 1. The average Bonchev–Trinajstić information content (AvgIpc) is 2.40. The lowest BCUT2D eigenvalue weighted by molar-refractivity contribution is 0.413. The molecule has 94 valence electrons. The van der Waals surface area contributed by atoms with Gasteiger partial charge >= 0.3 is 0 Å². The van der Waals surface area contributed by atoms with Crippen LogP contribution in [0.5, 0.6) is 0 Å². The fourth-order valence-corrected chi connectivity index (χ4v) is 3.73. The quantitative estimate of drug-likeness (QED) is 0.878. The van der Waals surface area contributed by atoms with Gasteiger partial charge in [-0.3, -0.25) is 0 Å². The summed E-state index contributed by atoms with van der Waals surface area (Å²) in [6.45, 7) is 2.20. The van der Waals surface area contributed by atoms with E-state index in [4.69, 9.17) is 5.73 Å². The zero-order valence-electron chi connectivity index (χ0n) is 10.7. The zero-order valence-corrected chi connectivity index (χ0v) is 11.5. The van der Waals surface area contributed by atoms with Crippen molar-refractivity contribution in [3.63, 3.8) is 0 Å². The van der Waals surface area contributed by atoms with Gasteiger partial charge in [0.25, 0.3) is 0 Å². The summed E-state index contributed by atoms with van der Waals surface area (Å²) in [5.74, 6) is 3.50. The molecule has 1 unspecified atom stereocenters. The van der Waals surface area contributed by atoms with E-state index in [9.17, 15) is 0 Å². The lowest BCUT2D eigenvalue weighted by Crippen LogP contribution is -2.18. The van der Waals surface area contributed by atoms with Gasteiger partial charge in [0.05, 0.1) is 0 Å². The van der Waals surface area contributed by atoms with Crippen LogP contribution in [0.2, 0.25) is 0 Å².